The standard InChI is InChI=1S/C15H10BrCl2FO2/c16-10-7-13-12(20-4-5-21-13)6-9(10)14(18)8-2-1-3-11(17)15(8)19/h1-3,6-7,14H,4-5H2. The molecule has 1 aliphatic heterocycles. The van der Waals surface area contributed by atoms with Crippen LogP contribution in [0.5, 0.6) is 11.5 Å². The molecule has 21 heavy (non-hydrogen) atoms. The molecular formula is C15H10BrCl2FO2. The second-order valence-electron chi connectivity index (χ2n) is 4.52. The average Bonchev–Trinajstić information content (AvgIpc) is 2.48. The number of rotatable bonds is 2. The quantitative estimate of drug-likeness (QED) is 0.643. The molecule has 0 fully saturated rings. The molecule has 2 aromatic carbocycles. The maximum Gasteiger partial charge on any atom is 0.162 e. The van der Waals surface area contributed by atoms with Gasteiger partial charge < -0.3 is 9.47 Å². The molecule has 1 atom stereocenters. The van der Waals surface area contributed by atoms with E-state index in [-0.39, 0.29) is 5.02 Å². The lowest BCUT2D eigenvalue weighted by molar-refractivity contribution is 0.171. The van der Waals surface area contributed by atoms with Gasteiger partial charge in [-0.15, -0.1) is 11.6 Å². The van der Waals surface area contributed by atoms with Crippen LogP contribution in [0.15, 0.2) is 34.8 Å². The highest BCUT2D eigenvalue weighted by molar-refractivity contribution is 9.10. The zero-order chi connectivity index (χ0) is 15.0. The first kappa shape index (κ1) is 14.9. The van der Waals surface area contributed by atoms with Crippen molar-refractivity contribution in [3.05, 3.63) is 56.8 Å². The number of fused-ring (bicyclic) bond motifs is 1. The molecule has 1 heterocycles. The fraction of sp³-hybridized carbons (Fsp3) is 0.200. The van der Waals surface area contributed by atoms with Crippen molar-refractivity contribution in [1.29, 1.82) is 0 Å². The average molecular weight is 392 g/mol. The zero-order valence-electron chi connectivity index (χ0n) is 10.7. The van der Waals surface area contributed by atoms with Crippen LogP contribution in [0.1, 0.15) is 16.5 Å². The first-order valence-corrected chi connectivity index (χ1v) is 7.85. The highest BCUT2D eigenvalue weighted by Gasteiger charge is 2.23. The van der Waals surface area contributed by atoms with Gasteiger partial charge in [0.25, 0.3) is 0 Å². The molecule has 0 amide bonds. The molecule has 3 rings (SSSR count). The highest BCUT2D eigenvalue weighted by Crippen LogP contribution is 2.42. The van der Waals surface area contributed by atoms with Gasteiger partial charge in [-0.1, -0.05) is 39.7 Å². The van der Waals surface area contributed by atoms with E-state index in [1.54, 1.807) is 24.3 Å². The number of alkyl halides is 1. The van der Waals surface area contributed by atoms with Gasteiger partial charge in [-0.25, -0.2) is 4.39 Å². The maximum atomic E-state index is 14.1. The summed E-state index contributed by atoms with van der Waals surface area (Å²) in [6, 6.07) is 8.31. The fourth-order valence-corrected chi connectivity index (χ4v) is 3.37. The lowest BCUT2D eigenvalue weighted by atomic mass is 10.0. The van der Waals surface area contributed by atoms with Gasteiger partial charge >= 0.3 is 0 Å². The number of hydrogen-bond acceptors (Lipinski definition) is 2. The lowest BCUT2D eigenvalue weighted by Crippen LogP contribution is -2.15. The molecule has 2 nitrogen and oxygen atoms in total. The Bertz CT molecular complexity index is 694. The Balaban J connectivity index is 2.05. The summed E-state index contributed by atoms with van der Waals surface area (Å²) in [5.41, 5.74) is 1.02. The van der Waals surface area contributed by atoms with E-state index in [0.717, 1.165) is 4.47 Å². The van der Waals surface area contributed by atoms with Gasteiger partial charge in [-0.05, 0) is 23.8 Å². The van der Waals surface area contributed by atoms with Gasteiger partial charge in [-0.2, -0.15) is 0 Å². The molecule has 0 saturated heterocycles. The van der Waals surface area contributed by atoms with Crippen LogP contribution in [0.25, 0.3) is 0 Å². The van der Waals surface area contributed by atoms with Gasteiger partial charge in [0, 0.05) is 10.0 Å². The predicted octanol–water partition coefficient (Wildman–Crippen LogP) is 5.34. The first-order chi connectivity index (χ1) is 10.1. The second kappa shape index (κ2) is 6.03. The Hall–Kier alpha value is -0.970. The Labute approximate surface area is 139 Å². The van der Waals surface area contributed by atoms with Gasteiger partial charge in [-0.3, -0.25) is 0 Å². The van der Waals surface area contributed by atoms with Crippen LogP contribution >= 0.6 is 39.1 Å². The number of benzene rings is 2. The minimum Gasteiger partial charge on any atom is -0.486 e. The normalized spacial score (nSPS) is 14.9. The smallest absolute Gasteiger partial charge is 0.162 e. The molecule has 2 aromatic rings. The van der Waals surface area contributed by atoms with Crippen LogP contribution in [0.2, 0.25) is 5.02 Å². The molecule has 0 saturated carbocycles. The molecule has 1 unspecified atom stereocenters. The number of ether oxygens (including phenoxy) is 2. The molecule has 0 aromatic heterocycles. The summed E-state index contributed by atoms with van der Waals surface area (Å²) in [5.74, 6) is 0.737. The van der Waals surface area contributed by atoms with Crippen molar-refractivity contribution < 1.29 is 13.9 Å². The Morgan fingerprint density at radius 2 is 1.76 bits per heavy atom. The molecule has 0 N–H and O–H groups in total. The first-order valence-electron chi connectivity index (χ1n) is 6.25. The number of hydrogen-bond donors (Lipinski definition) is 0. The second-order valence-corrected chi connectivity index (χ2v) is 6.22. The Kier molecular flexibility index (Phi) is 4.29. The zero-order valence-corrected chi connectivity index (χ0v) is 13.8. The van der Waals surface area contributed by atoms with E-state index in [1.807, 2.05) is 0 Å². The van der Waals surface area contributed by atoms with Crippen LogP contribution < -0.4 is 9.47 Å². The molecular weight excluding hydrogens is 382 g/mol. The van der Waals surface area contributed by atoms with Crippen molar-refractivity contribution in [2.24, 2.45) is 0 Å². The Morgan fingerprint density at radius 3 is 2.48 bits per heavy atom. The van der Waals surface area contributed by atoms with Crippen LogP contribution in [-0.4, -0.2) is 13.2 Å². The predicted molar refractivity (Wildman–Crippen MR) is 84.2 cm³/mol. The molecule has 0 radical (unpaired) electrons. The van der Waals surface area contributed by atoms with Gasteiger partial charge in [0.1, 0.15) is 19.0 Å². The molecule has 0 aliphatic carbocycles. The van der Waals surface area contributed by atoms with Crippen molar-refractivity contribution in [1.82, 2.24) is 0 Å². The van der Waals surface area contributed by atoms with Crippen molar-refractivity contribution in [3.8, 4) is 11.5 Å². The summed E-state index contributed by atoms with van der Waals surface area (Å²) in [5, 5.41) is -0.638. The van der Waals surface area contributed by atoms with E-state index in [0.29, 0.717) is 35.8 Å². The minimum absolute atomic E-state index is 0.0480. The van der Waals surface area contributed by atoms with Crippen LogP contribution in [0, 0.1) is 5.82 Å². The third kappa shape index (κ3) is 2.85. The van der Waals surface area contributed by atoms with Crippen LogP contribution in [0.3, 0.4) is 0 Å². The van der Waals surface area contributed by atoms with Crippen molar-refractivity contribution in [2.45, 2.75) is 5.38 Å². The molecule has 110 valence electrons. The summed E-state index contributed by atoms with van der Waals surface area (Å²) in [7, 11) is 0. The van der Waals surface area contributed by atoms with E-state index in [4.69, 9.17) is 32.7 Å². The topological polar surface area (TPSA) is 18.5 Å². The Morgan fingerprint density at radius 1 is 1.10 bits per heavy atom. The monoisotopic (exact) mass is 390 g/mol. The molecule has 1 aliphatic rings. The summed E-state index contributed by atoms with van der Waals surface area (Å²) in [6.07, 6.45) is 0. The molecule has 0 spiro atoms. The van der Waals surface area contributed by atoms with E-state index in [2.05, 4.69) is 15.9 Å². The lowest BCUT2D eigenvalue weighted by Gasteiger charge is -2.21. The van der Waals surface area contributed by atoms with Gasteiger partial charge in [0.2, 0.25) is 0 Å². The highest BCUT2D eigenvalue weighted by atomic mass is 79.9. The van der Waals surface area contributed by atoms with E-state index >= 15 is 0 Å². The van der Waals surface area contributed by atoms with E-state index < -0.39 is 11.2 Å². The van der Waals surface area contributed by atoms with Crippen molar-refractivity contribution >= 4 is 39.1 Å². The van der Waals surface area contributed by atoms with Crippen molar-refractivity contribution in [2.75, 3.05) is 13.2 Å². The summed E-state index contributed by atoms with van der Waals surface area (Å²) < 4.78 is 25.9. The fourth-order valence-electron chi connectivity index (χ4n) is 2.16. The summed E-state index contributed by atoms with van der Waals surface area (Å²) >= 11 is 15.7. The minimum atomic E-state index is -0.686. The number of halogens is 4. The molecule has 0 bridgehead atoms. The maximum absolute atomic E-state index is 14.1. The third-order valence-electron chi connectivity index (χ3n) is 3.19. The molecule has 6 heteroatoms. The summed E-state index contributed by atoms with van der Waals surface area (Å²) in [4.78, 5) is 0. The summed E-state index contributed by atoms with van der Waals surface area (Å²) in [6.45, 7) is 0.985. The van der Waals surface area contributed by atoms with Crippen molar-refractivity contribution in [3.63, 3.8) is 0 Å². The van der Waals surface area contributed by atoms with Crippen LogP contribution in [-0.2, 0) is 0 Å². The van der Waals surface area contributed by atoms with E-state index in [9.17, 15) is 4.39 Å². The largest absolute Gasteiger partial charge is 0.486 e. The van der Waals surface area contributed by atoms with Gasteiger partial charge in [0.15, 0.2) is 11.5 Å². The van der Waals surface area contributed by atoms with E-state index in [1.165, 1.54) is 6.07 Å². The van der Waals surface area contributed by atoms with Crippen LogP contribution in [0.4, 0.5) is 4.39 Å². The SMILES string of the molecule is Fc1c(Cl)cccc1C(Cl)c1cc2c(cc1Br)OCCO2. The third-order valence-corrected chi connectivity index (χ3v) is 4.64. The van der Waals surface area contributed by atoms with Gasteiger partial charge in [0.05, 0.1) is 10.4 Å².